The number of rotatable bonds is 6. The van der Waals surface area contributed by atoms with Gasteiger partial charge in [-0.25, -0.2) is 23.1 Å². The molecule has 0 aliphatic carbocycles. The number of thiophene rings is 1. The number of nitrogens with zero attached hydrogens (tertiary/aromatic N) is 3. The van der Waals surface area contributed by atoms with E-state index in [-0.39, 0.29) is 0 Å². The van der Waals surface area contributed by atoms with E-state index in [0.29, 0.717) is 23.2 Å². The predicted molar refractivity (Wildman–Crippen MR) is 103 cm³/mol. The van der Waals surface area contributed by atoms with Crippen LogP contribution in [0.25, 0.3) is 10.2 Å². The summed E-state index contributed by atoms with van der Waals surface area (Å²) in [6.07, 6.45) is 3.97. The van der Waals surface area contributed by atoms with E-state index in [4.69, 9.17) is 5.73 Å². The van der Waals surface area contributed by atoms with Crippen molar-refractivity contribution in [2.24, 2.45) is 11.7 Å². The van der Waals surface area contributed by atoms with Crippen molar-refractivity contribution >= 4 is 43.3 Å². The minimum Gasteiger partial charge on any atom is -0.365 e. The molecule has 1 aliphatic rings. The van der Waals surface area contributed by atoms with Gasteiger partial charge in [0, 0.05) is 19.6 Å². The van der Waals surface area contributed by atoms with Crippen molar-refractivity contribution in [1.82, 2.24) is 14.7 Å². The summed E-state index contributed by atoms with van der Waals surface area (Å²) < 4.78 is 25.7. The molecule has 0 atom stereocenters. The second-order valence-corrected chi connectivity index (χ2v) is 9.55. The van der Waals surface area contributed by atoms with Gasteiger partial charge in [0.1, 0.15) is 11.6 Å². The number of aromatic nitrogens is 2. The smallest absolute Gasteiger partial charge is 0.258 e. The topological polar surface area (TPSA) is 118 Å². The number of hydrogen-bond donors (Lipinski definition) is 2. The van der Waals surface area contributed by atoms with Gasteiger partial charge in [0.25, 0.3) is 5.91 Å². The highest BCUT2D eigenvalue weighted by Crippen LogP contribution is 2.34. The molecule has 2 aromatic rings. The van der Waals surface area contributed by atoms with Gasteiger partial charge in [-0.2, -0.15) is 0 Å². The minimum absolute atomic E-state index is 0.450. The van der Waals surface area contributed by atoms with Crippen LogP contribution in [-0.4, -0.2) is 50.2 Å². The van der Waals surface area contributed by atoms with Crippen LogP contribution in [0.3, 0.4) is 0 Å². The lowest BCUT2D eigenvalue weighted by Gasteiger charge is -2.33. The van der Waals surface area contributed by atoms with Crippen molar-refractivity contribution in [1.29, 1.82) is 0 Å². The molecule has 10 heteroatoms. The Morgan fingerprint density at radius 2 is 2.08 bits per heavy atom. The largest absolute Gasteiger partial charge is 0.365 e. The zero-order valence-electron chi connectivity index (χ0n) is 14.9. The summed E-state index contributed by atoms with van der Waals surface area (Å²) in [6.45, 7) is 4.01. The lowest BCUT2D eigenvalue weighted by atomic mass is 9.93. The maximum Gasteiger partial charge on any atom is 0.258 e. The normalized spacial score (nSPS) is 16.3. The van der Waals surface area contributed by atoms with Gasteiger partial charge in [0.05, 0.1) is 21.3 Å². The van der Waals surface area contributed by atoms with Crippen LogP contribution >= 0.6 is 11.3 Å². The number of hydrogen-bond acceptors (Lipinski definition) is 7. The maximum atomic E-state index is 11.5. The Labute approximate surface area is 156 Å². The van der Waals surface area contributed by atoms with Gasteiger partial charge in [-0.3, -0.25) is 4.79 Å². The highest BCUT2D eigenvalue weighted by molar-refractivity contribution is 7.88. The van der Waals surface area contributed by atoms with E-state index in [2.05, 4.69) is 19.6 Å². The van der Waals surface area contributed by atoms with E-state index in [1.165, 1.54) is 17.6 Å². The zero-order valence-corrected chi connectivity index (χ0v) is 16.5. The molecule has 142 valence electrons. The molecule has 1 saturated heterocycles. The van der Waals surface area contributed by atoms with Gasteiger partial charge in [-0.05, 0) is 38.2 Å². The Balaban J connectivity index is 1.70. The van der Waals surface area contributed by atoms with Crippen molar-refractivity contribution < 1.29 is 13.2 Å². The van der Waals surface area contributed by atoms with E-state index >= 15 is 0 Å². The van der Waals surface area contributed by atoms with E-state index in [9.17, 15) is 13.2 Å². The monoisotopic (exact) mass is 397 g/mol. The first-order valence-corrected chi connectivity index (χ1v) is 11.2. The van der Waals surface area contributed by atoms with Gasteiger partial charge >= 0.3 is 0 Å². The van der Waals surface area contributed by atoms with E-state index < -0.39 is 15.9 Å². The molecular weight excluding hydrogens is 374 g/mol. The molecular formula is C16H23N5O3S2. The van der Waals surface area contributed by atoms with Crippen LogP contribution in [0.5, 0.6) is 0 Å². The predicted octanol–water partition coefficient (Wildman–Crippen LogP) is 1.25. The Bertz CT molecular complexity index is 917. The third-order valence-corrected chi connectivity index (χ3v) is 6.40. The number of anilines is 1. The van der Waals surface area contributed by atoms with Crippen LogP contribution in [0.2, 0.25) is 0 Å². The highest BCUT2D eigenvalue weighted by Gasteiger charge is 2.23. The first-order chi connectivity index (χ1) is 12.2. The van der Waals surface area contributed by atoms with Gasteiger partial charge in [0.15, 0.2) is 0 Å². The first-order valence-electron chi connectivity index (χ1n) is 8.50. The molecule has 26 heavy (non-hydrogen) atoms. The fraction of sp³-hybridized carbons (Fsp3) is 0.562. The summed E-state index contributed by atoms with van der Waals surface area (Å²) >= 11 is 1.33. The zero-order chi connectivity index (χ0) is 18.9. The quantitative estimate of drug-likeness (QED) is 0.757. The molecule has 3 N–H and O–H groups in total. The fourth-order valence-corrected chi connectivity index (χ4v) is 4.70. The van der Waals surface area contributed by atoms with Crippen LogP contribution < -0.4 is 15.4 Å². The molecule has 8 nitrogen and oxygen atoms in total. The third-order valence-electron chi connectivity index (χ3n) is 4.54. The summed E-state index contributed by atoms with van der Waals surface area (Å²) in [7, 11) is -3.13. The van der Waals surface area contributed by atoms with Crippen molar-refractivity contribution in [3.8, 4) is 0 Å². The summed E-state index contributed by atoms with van der Waals surface area (Å²) in [5.74, 6) is 1.57. The first kappa shape index (κ1) is 19.0. The average molecular weight is 398 g/mol. The number of carbonyl (C=O) groups excluding carboxylic acids is 1. The Hall–Kier alpha value is -1.78. The minimum atomic E-state index is -3.13. The molecule has 0 bridgehead atoms. The lowest BCUT2D eigenvalue weighted by Crippen LogP contribution is -2.35. The molecule has 3 heterocycles. The number of nitrogens with one attached hydrogen (secondary N) is 1. The molecule has 1 aliphatic heterocycles. The summed E-state index contributed by atoms with van der Waals surface area (Å²) in [6, 6.07) is 1.73. The summed E-state index contributed by atoms with van der Waals surface area (Å²) in [5, 5.41) is 0. The Morgan fingerprint density at radius 1 is 1.38 bits per heavy atom. The van der Waals surface area contributed by atoms with Crippen LogP contribution in [0, 0.1) is 12.8 Å². The van der Waals surface area contributed by atoms with Crippen LogP contribution in [0.4, 0.5) is 5.82 Å². The fourth-order valence-electron chi connectivity index (χ4n) is 3.25. The second-order valence-electron chi connectivity index (χ2n) is 6.67. The molecule has 1 amide bonds. The molecule has 1 fully saturated rings. The number of carbonyl (C=O) groups is 1. The number of nitrogens with two attached hydrogens (primary N) is 1. The highest BCUT2D eigenvalue weighted by atomic mass is 32.2. The van der Waals surface area contributed by atoms with Gasteiger partial charge in [-0.1, -0.05) is 0 Å². The Kier molecular flexibility index (Phi) is 5.44. The molecule has 3 rings (SSSR count). The van der Waals surface area contributed by atoms with Crippen molar-refractivity contribution in [2.45, 2.75) is 26.2 Å². The number of primary amides is 1. The van der Waals surface area contributed by atoms with Crippen molar-refractivity contribution in [3.63, 3.8) is 0 Å². The average Bonchev–Trinajstić information content (AvgIpc) is 2.98. The molecule has 0 unspecified atom stereocenters. The summed E-state index contributed by atoms with van der Waals surface area (Å²) in [4.78, 5) is 23.2. The number of piperidine rings is 1. The van der Waals surface area contributed by atoms with Crippen LogP contribution in [0.1, 0.15) is 34.8 Å². The van der Waals surface area contributed by atoms with E-state index in [0.717, 1.165) is 48.4 Å². The number of fused-ring (bicyclic) bond motifs is 1. The third kappa shape index (κ3) is 4.49. The number of amides is 1. The van der Waals surface area contributed by atoms with E-state index in [1.807, 2.05) is 6.92 Å². The second kappa shape index (κ2) is 7.45. The molecule has 0 radical (unpaired) electrons. The van der Waals surface area contributed by atoms with E-state index in [1.54, 1.807) is 6.07 Å². The molecule has 2 aromatic heterocycles. The SMILES string of the molecule is Cc1nc(N2CCC(CCNS(C)(=O)=O)CC2)c2sc(C(N)=O)cc2n1. The lowest BCUT2D eigenvalue weighted by molar-refractivity contribution is 0.100. The van der Waals surface area contributed by atoms with Crippen LogP contribution in [0.15, 0.2) is 6.07 Å². The van der Waals surface area contributed by atoms with Crippen LogP contribution in [-0.2, 0) is 10.0 Å². The number of sulfonamides is 1. The maximum absolute atomic E-state index is 11.5. The van der Waals surface area contributed by atoms with Gasteiger partial charge in [0.2, 0.25) is 10.0 Å². The van der Waals surface area contributed by atoms with Gasteiger partial charge < -0.3 is 10.6 Å². The number of aryl methyl sites for hydroxylation is 1. The van der Waals surface area contributed by atoms with Crippen molar-refractivity contribution in [3.05, 3.63) is 16.8 Å². The Morgan fingerprint density at radius 3 is 2.69 bits per heavy atom. The molecule has 0 saturated carbocycles. The molecule has 0 spiro atoms. The standard InChI is InChI=1S/C16H23N5O3S2/c1-10-19-12-9-13(15(17)22)25-14(12)16(20-10)21-7-4-11(5-8-21)3-6-18-26(2,23)24/h9,11,18H,3-8H2,1-2H3,(H2,17,22). The molecule has 0 aromatic carbocycles. The summed E-state index contributed by atoms with van der Waals surface area (Å²) in [5.41, 5.74) is 6.16. The van der Waals surface area contributed by atoms with Crippen molar-refractivity contribution in [2.75, 3.05) is 30.8 Å². The van der Waals surface area contributed by atoms with Gasteiger partial charge in [-0.15, -0.1) is 11.3 Å².